The van der Waals surface area contributed by atoms with E-state index in [1.165, 1.54) is 17.0 Å². The van der Waals surface area contributed by atoms with Crippen molar-refractivity contribution in [2.24, 2.45) is 5.11 Å². The minimum absolute atomic E-state index is 0.0237. The van der Waals surface area contributed by atoms with Crippen molar-refractivity contribution in [2.75, 3.05) is 65.0 Å². The second-order valence-electron chi connectivity index (χ2n) is 16.0. The molecule has 2 N–H and O–H groups in total. The molecule has 2 heterocycles. The van der Waals surface area contributed by atoms with Crippen molar-refractivity contribution < 1.29 is 36.6 Å². The van der Waals surface area contributed by atoms with Gasteiger partial charge in [0.1, 0.15) is 6.54 Å². The van der Waals surface area contributed by atoms with Gasteiger partial charge in [-0.3, -0.25) is 9.35 Å². The molecule has 0 saturated carbocycles. The van der Waals surface area contributed by atoms with E-state index < -0.39 is 10.1 Å². The number of benzene rings is 3. The number of fused-ring (bicyclic) bond motifs is 1. The number of carbonyl (C=O) groups excluding carboxylic acids is 1. The third kappa shape index (κ3) is 12.2. The van der Waals surface area contributed by atoms with E-state index in [2.05, 4.69) is 111 Å². The van der Waals surface area contributed by atoms with Crippen LogP contribution < -0.4 is 10.7 Å². The van der Waals surface area contributed by atoms with Gasteiger partial charge in [-0.05, 0) is 80.2 Å². The number of allylic oxidation sites excluding steroid dienone is 6. The summed E-state index contributed by atoms with van der Waals surface area (Å²) in [4.78, 5) is 15.2. The number of aromatic nitrogens is 1. The SMILES string of the molecule is CC1(C)C(/C=C/C2=C(Cl)C(=C/C=c3\c4cccc5cccc(c54)n3CCCS(=O)(=O)O)/CC2)=[N+](CCCCCC(=O)NCCOCCOCCOCCN=[N+]=[N-])c2ccccc21. The molecule has 1 amide bonds. The third-order valence-electron chi connectivity index (χ3n) is 11.4. The Labute approximate surface area is 369 Å². The van der Waals surface area contributed by atoms with Crippen LogP contribution in [-0.2, 0) is 41.1 Å². The fourth-order valence-corrected chi connectivity index (χ4v) is 9.19. The monoisotopic (exact) mass is 885 g/mol. The minimum Gasteiger partial charge on any atom is -0.379 e. The predicted octanol–water partition coefficient (Wildman–Crippen LogP) is 8.45. The van der Waals surface area contributed by atoms with Crippen LogP contribution in [0.5, 0.6) is 0 Å². The highest BCUT2D eigenvalue weighted by atomic mass is 35.5. The first-order valence-electron chi connectivity index (χ1n) is 21.5. The number of halogens is 1. The summed E-state index contributed by atoms with van der Waals surface area (Å²) < 4.78 is 53.3. The van der Waals surface area contributed by atoms with Crippen molar-refractivity contribution in [3.8, 4) is 0 Å². The summed E-state index contributed by atoms with van der Waals surface area (Å²) in [5, 5.41) is 11.4. The van der Waals surface area contributed by atoms with E-state index in [0.29, 0.717) is 65.7 Å². The Bertz CT molecular complexity index is 2550. The molecule has 0 saturated heterocycles. The largest absolute Gasteiger partial charge is 0.379 e. The van der Waals surface area contributed by atoms with E-state index in [4.69, 9.17) is 31.3 Å². The third-order valence-corrected chi connectivity index (χ3v) is 12.7. The van der Waals surface area contributed by atoms with Crippen molar-refractivity contribution in [3.05, 3.63) is 116 Å². The topological polar surface area (TPSA) is 168 Å². The van der Waals surface area contributed by atoms with Gasteiger partial charge in [-0.1, -0.05) is 77.4 Å². The summed E-state index contributed by atoms with van der Waals surface area (Å²) in [5.41, 5.74) is 14.9. The lowest BCUT2D eigenvalue weighted by molar-refractivity contribution is -0.438. The molecular formula is C47H58ClN6O7S+. The number of para-hydroxylation sites is 1. The van der Waals surface area contributed by atoms with E-state index in [9.17, 15) is 17.8 Å². The molecule has 0 atom stereocenters. The second-order valence-corrected chi connectivity index (χ2v) is 18.0. The number of unbranched alkanes of at least 4 members (excludes halogenated alkanes) is 2. The van der Waals surface area contributed by atoms with Crippen LogP contribution in [0.15, 0.2) is 100 Å². The number of azide groups is 1. The number of nitrogens with one attached hydrogen (secondary N) is 1. The maximum absolute atomic E-state index is 12.5. The molecule has 1 aliphatic heterocycles. The van der Waals surface area contributed by atoms with E-state index in [1.807, 2.05) is 12.1 Å². The first-order valence-corrected chi connectivity index (χ1v) is 23.5. The maximum atomic E-state index is 12.5. The lowest BCUT2D eigenvalue weighted by Crippen LogP contribution is -2.28. The van der Waals surface area contributed by atoms with Crippen LogP contribution in [0, 0.1) is 0 Å². The number of hydrogen-bond acceptors (Lipinski definition) is 7. The summed E-state index contributed by atoms with van der Waals surface area (Å²) in [5.74, 6) is -0.277. The second kappa shape index (κ2) is 22.5. The fourth-order valence-electron chi connectivity index (χ4n) is 8.38. The Hall–Kier alpha value is -4.79. The summed E-state index contributed by atoms with van der Waals surface area (Å²) in [6.07, 6.45) is 13.6. The molecule has 15 heteroatoms. The molecule has 13 nitrogen and oxygen atoms in total. The lowest BCUT2D eigenvalue weighted by atomic mass is 9.81. The zero-order valence-corrected chi connectivity index (χ0v) is 37.3. The van der Waals surface area contributed by atoms with Crippen molar-refractivity contribution in [1.82, 2.24) is 9.88 Å². The number of aryl methyl sites for hydroxylation is 1. The normalized spacial score (nSPS) is 16.1. The highest BCUT2D eigenvalue weighted by Crippen LogP contribution is 2.41. The van der Waals surface area contributed by atoms with E-state index in [-0.39, 0.29) is 23.5 Å². The van der Waals surface area contributed by atoms with Crippen LogP contribution >= 0.6 is 11.6 Å². The van der Waals surface area contributed by atoms with Crippen molar-refractivity contribution in [1.29, 1.82) is 0 Å². The first-order chi connectivity index (χ1) is 30.0. The summed E-state index contributed by atoms with van der Waals surface area (Å²) >= 11 is 7.13. The number of ether oxygens (including phenoxy) is 3. The minimum atomic E-state index is -4.07. The van der Waals surface area contributed by atoms with Crippen LogP contribution in [0.1, 0.15) is 64.4 Å². The van der Waals surface area contributed by atoms with Gasteiger partial charge in [0.25, 0.3) is 10.1 Å². The van der Waals surface area contributed by atoms with Gasteiger partial charge in [0.05, 0.1) is 50.8 Å². The smallest absolute Gasteiger partial charge is 0.264 e. The average Bonchev–Trinajstić information content (AvgIpc) is 3.83. The van der Waals surface area contributed by atoms with Crippen LogP contribution in [0.2, 0.25) is 0 Å². The zero-order valence-electron chi connectivity index (χ0n) is 35.7. The van der Waals surface area contributed by atoms with Crippen LogP contribution in [0.4, 0.5) is 5.69 Å². The molecule has 0 unspecified atom stereocenters. The van der Waals surface area contributed by atoms with Crippen molar-refractivity contribution in [2.45, 2.75) is 70.8 Å². The molecule has 0 spiro atoms. The van der Waals surface area contributed by atoms with Crippen LogP contribution in [-0.4, -0.2) is 98.8 Å². The maximum Gasteiger partial charge on any atom is 0.264 e. The Kier molecular flexibility index (Phi) is 17.0. The summed E-state index contributed by atoms with van der Waals surface area (Å²) in [6, 6.07) is 21.0. The molecule has 0 radical (unpaired) electrons. The fraction of sp³-hybridized carbons (Fsp3) is 0.447. The predicted molar refractivity (Wildman–Crippen MR) is 247 cm³/mol. The van der Waals surface area contributed by atoms with E-state index in [1.54, 1.807) is 0 Å². The first kappa shape index (κ1) is 46.7. The molecule has 330 valence electrons. The van der Waals surface area contributed by atoms with Gasteiger partial charge >= 0.3 is 0 Å². The van der Waals surface area contributed by atoms with Gasteiger partial charge in [-0.2, -0.15) is 13.0 Å². The molecule has 4 aromatic rings. The lowest BCUT2D eigenvalue weighted by Gasteiger charge is -2.15. The Balaban J connectivity index is 1.05. The van der Waals surface area contributed by atoms with Gasteiger partial charge in [-0.15, -0.1) is 0 Å². The average molecular weight is 887 g/mol. The van der Waals surface area contributed by atoms with E-state index >= 15 is 0 Å². The molecule has 62 heavy (non-hydrogen) atoms. The van der Waals surface area contributed by atoms with Crippen LogP contribution in [0.3, 0.4) is 0 Å². The quantitative estimate of drug-likeness (QED) is 0.0168. The molecule has 1 aromatic heterocycles. The Morgan fingerprint density at radius 1 is 0.935 bits per heavy atom. The number of rotatable bonds is 25. The van der Waals surface area contributed by atoms with Gasteiger partial charge < -0.3 is 24.1 Å². The Morgan fingerprint density at radius 2 is 1.68 bits per heavy atom. The molecule has 1 aliphatic carbocycles. The molecule has 0 bridgehead atoms. The molecule has 0 fully saturated rings. The van der Waals surface area contributed by atoms with Gasteiger partial charge in [0.2, 0.25) is 11.6 Å². The molecule has 3 aromatic carbocycles. The summed E-state index contributed by atoms with van der Waals surface area (Å²) in [6.45, 7) is 9.08. The van der Waals surface area contributed by atoms with Gasteiger partial charge in [0.15, 0.2) is 5.71 Å². The highest BCUT2D eigenvalue weighted by molar-refractivity contribution is 7.85. The van der Waals surface area contributed by atoms with Crippen molar-refractivity contribution in [3.63, 3.8) is 0 Å². The number of hydrogen-bond donors (Lipinski definition) is 2. The van der Waals surface area contributed by atoms with Crippen molar-refractivity contribution >= 4 is 66.8 Å². The molecular weight excluding hydrogens is 828 g/mol. The zero-order chi connectivity index (χ0) is 44.0. The standard InChI is InChI=1S/C47H57ClN6O7S/c1-47(2)39-14-5-6-15-41(39)54(26-7-3-4-17-44(55)50-24-28-59-30-32-61-33-31-60-29-25-51-52-49)43(47)23-21-37-19-18-36(46(37)48)20-22-40-38-13-8-11-35-12-9-16-42(45(35)38)53(40)27-10-34-62(56,57)58/h5-6,8-9,11-16,20-23H,3-4,7,10,17-19,24-34H2,1-2H3,(H-,50,55,56,57,58)/p+1. The molecule has 6 rings (SSSR count). The highest BCUT2D eigenvalue weighted by Gasteiger charge is 2.43. The number of carbonyl (C=O) groups is 1. The summed E-state index contributed by atoms with van der Waals surface area (Å²) in [7, 11) is -4.07. The number of nitrogens with zero attached hydrogens (tertiary/aromatic N) is 5. The number of amides is 1. The van der Waals surface area contributed by atoms with Gasteiger partial charge in [-0.25, -0.2) is 0 Å². The van der Waals surface area contributed by atoms with Gasteiger partial charge in [0, 0.05) is 81.8 Å². The van der Waals surface area contributed by atoms with Crippen LogP contribution in [0.25, 0.3) is 38.2 Å². The van der Waals surface area contributed by atoms with E-state index in [0.717, 1.165) is 81.9 Å². The Morgan fingerprint density at radius 3 is 2.45 bits per heavy atom. The molecule has 2 aliphatic rings.